The van der Waals surface area contributed by atoms with E-state index >= 15 is 0 Å². The van der Waals surface area contributed by atoms with Crippen molar-refractivity contribution < 1.29 is 4.74 Å². The van der Waals surface area contributed by atoms with Crippen molar-refractivity contribution in [2.75, 3.05) is 45.2 Å². The third-order valence-corrected chi connectivity index (χ3v) is 5.13. The molecule has 3 nitrogen and oxygen atoms in total. The van der Waals surface area contributed by atoms with E-state index < -0.39 is 0 Å². The molecular weight excluding hydrogens is 308 g/mol. The van der Waals surface area contributed by atoms with E-state index in [9.17, 15) is 0 Å². The summed E-state index contributed by atoms with van der Waals surface area (Å²) in [6.07, 6.45) is 0. The second kappa shape index (κ2) is 6.77. The monoisotopic (exact) mass is 332 g/mol. The predicted molar refractivity (Wildman–Crippen MR) is 106 cm³/mol. The van der Waals surface area contributed by atoms with Crippen LogP contribution in [0, 0.1) is 0 Å². The average molecular weight is 332 g/mol. The maximum absolute atomic E-state index is 5.27. The molecule has 128 valence electrons. The number of hydrogen-bond donors (Lipinski definition) is 0. The van der Waals surface area contributed by atoms with Gasteiger partial charge in [-0.2, -0.15) is 0 Å². The van der Waals surface area contributed by atoms with E-state index in [1.54, 1.807) is 7.11 Å². The van der Waals surface area contributed by atoms with Crippen LogP contribution in [0.2, 0.25) is 0 Å². The van der Waals surface area contributed by atoms with Gasteiger partial charge in [-0.15, -0.1) is 0 Å². The summed E-state index contributed by atoms with van der Waals surface area (Å²) in [5.74, 6) is 0.891. The van der Waals surface area contributed by atoms with Gasteiger partial charge in [-0.05, 0) is 47.8 Å². The van der Waals surface area contributed by atoms with Crippen molar-refractivity contribution in [2.45, 2.75) is 0 Å². The van der Waals surface area contributed by atoms with Crippen molar-refractivity contribution >= 4 is 16.5 Å². The Morgan fingerprint density at radius 1 is 0.800 bits per heavy atom. The zero-order valence-corrected chi connectivity index (χ0v) is 14.9. The van der Waals surface area contributed by atoms with E-state index in [0.717, 1.165) is 31.9 Å². The molecule has 1 aliphatic rings. The number of anilines is 1. The highest BCUT2D eigenvalue weighted by Gasteiger charge is 2.16. The van der Waals surface area contributed by atoms with E-state index in [2.05, 4.69) is 65.4 Å². The third-order valence-electron chi connectivity index (χ3n) is 5.13. The van der Waals surface area contributed by atoms with Crippen molar-refractivity contribution in [3.63, 3.8) is 0 Å². The summed E-state index contributed by atoms with van der Waals surface area (Å²) in [6, 6.07) is 21.7. The normalized spacial score (nSPS) is 15.5. The maximum Gasteiger partial charge on any atom is 0.118 e. The van der Waals surface area contributed by atoms with Crippen LogP contribution in [-0.2, 0) is 0 Å². The number of benzene rings is 3. The Labute approximate surface area is 149 Å². The van der Waals surface area contributed by atoms with Crippen LogP contribution < -0.4 is 9.64 Å². The van der Waals surface area contributed by atoms with Crippen molar-refractivity contribution in [1.82, 2.24) is 4.90 Å². The van der Waals surface area contributed by atoms with Crippen LogP contribution in [0.5, 0.6) is 5.75 Å². The summed E-state index contributed by atoms with van der Waals surface area (Å²) in [4.78, 5) is 4.91. The van der Waals surface area contributed by atoms with Gasteiger partial charge >= 0.3 is 0 Å². The highest BCUT2D eigenvalue weighted by Crippen LogP contribution is 2.32. The second-order valence-corrected chi connectivity index (χ2v) is 6.73. The molecule has 0 radical (unpaired) electrons. The van der Waals surface area contributed by atoms with Gasteiger partial charge in [0.05, 0.1) is 7.11 Å². The standard InChI is InChI=1S/C22H24N2O/c1-23-12-14-24(15-13-23)22-5-3-4-18-6-7-19(16-21(18)22)17-8-10-20(25-2)11-9-17/h3-11,16H,12-15H2,1-2H3. The van der Waals surface area contributed by atoms with Crippen molar-refractivity contribution in [3.05, 3.63) is 60.7 Å². The number of hydrogen-bond acceptors (Lipinski definition) is 3. The van der Waals surface area contributed by atoms with Gasteiger partial charge in [0.2, 0.25) is 0 Å². The number of likely N-dealkylation sites (N-methyl/N-ethyl adjacent to an activating group) is 1. The smallest absolute Gasteiger partial charge is 0.118 e. The highest BCUT2D eigenvalue weighted by atomic mass is 16.5. The number of nitrogens with zero attached hydrogens (tertiary/aromatic N) is 2. The first kappa shape index (κ1) is 16.0. The number of piperazine rings is 1. The zero-order valence-electron chi connectivity index (χ0n) is 14.9. The Morgan fingerprint density at radius 2 is 1.52 bits per heavy atom. The van der Waals surface area contributed by atoms with Crippen LogP contribution >= 0.6 is 0 Å². The Morgan fingerprint density at radius 3 is 2.24 bits per heavy atom. The fourth-order valence-corrected chi connectivity index (χ4v) is 3.54. The fourth-order valence-electron chi connectivity index (χ4n) is 3.54. The Kier molecular flexibility index (Phi) is 4.33. The van der Waals surface area contributed by atoms with Crippen LogP contribution in [-0.4, -0.2) is 45.2 Å². The lowest BCUT2D eigenvalue weighted by molar-refractivity contribution is 0.313. The minimum absolute atomic E-state index is 0.891. The molecule has 0 aliphatic carbocycles. The molecule has 1 aliphatic heterocycles. The lowest BCUT2D eigenvalue weighted by Crippen LogP contribution is -2.44. The summed E-state index contributed by atoms with van der Waals surface area (Å²) < 4.78 is 5.27. The summed E-state index contributed by atoms with van der Waals surface area (Å²) in [5, 5.41) is 2.63. The lowest BCUT2D eigenvalue weighted by atomic mass is 9.99. The molecular formula is C22H24N2O. The summed E-state index contributed by atoms with van der Waals surface area (Å²) >= 11 is 0. The molecule has 3 aromatic carbocycles. The molecule has 1 saturated heterocycles. The van der Waals surface area contributed by atoms with E-state index in [0.29, 0.717) is 0 Å². The SMILES string of the molecule is COc1ccc(-c2ccc3cccc(N4CCN(C)CC4)c3c2)cc1. The first-order valence-electron chi connectivity index (χ1n) is 8.85. The van der Waals surface area contributed by atoms with Crippen molar-refractivity contribution in [3.8, 4) is 16.9 Å². The molecule has 0 aromatic heterocycles. The van der Waals surface area contributed by atoms with E-state index in [1.807, 2.05) is 12.1 Å². The van der Waals surface area contributed by atoms with E-state index in [1.165, 1.54) is 27.6 Å². The van der Waals surface area contributed by atoms with E-state index in [-0.39, 0.29) is 0 Å². The second-order valence-electron chi connectivity index (χ2n) is 6.73. The van der Waals surface area contributed by atoms with Gasteiger partial charge < -0.3 is 14.5 Å². The summed E-state index contributed by atoms with van der Waals surface area (Å²) in [7, 11) is 3.90. The van der Waals surface area contributed by atoms with Crippen LogP contribution in [0.4, 0.5) is 5.69 Å². The zero-order chi connectivity index (χ0) is 17.2. The van der Waals surface area contributed by atoms with Gasteiger partial charge in [0.25, 0.3) is 0 Å². The van der Waals surface area contributed by atoms with Crippen LogP contribution in [0.15, 0.2) is 60.7 Å². The number of fused-ring (bicyclic) bond motifs is 1. The predicted octanol–water partition coefficient (Wildman–Crippen LogP) is 4.27. The minimum Gasteiger partial charge on any atom is -0.497 e. The summed E-state index contributed by atoms with van der Waals surface area (Å²) in [5.41, 5.74) is 3.81. The first-order valence-corrected chi connectivity index (χ1v) is 8.85. The molecule has 4 rings (SSSR count). The third kappa shape index (κ3) is 3.20. The average Bonchev–Trinajstić information content (AvgIpc) is 2.68. The van der Waals surface area contributed by atoms with Crippen LogP contribution in [0.25, 0.3) is 21.9 Å². The van der Waals surface area contributed by atoms with Crippen LogP contribution in [0.1, 0.15) is 0 Å². The minimum atomic E-state index is 0.891. The van der Waals surface area contributed by atoms with Gasteiger partial charge in [0.1, 0.15) is 5.75 Å². The molecule has 25 heavy (non-hydrogen) atoms. The van der Waals surface area contributed by atoms with Gasteiger partial charge in [-0.1, -0.05) is 36.4 Å². The number of ether oxygens (including phenoxy) is 1. The molecule has 3 aromatic rings. The molecule has 0 spiro atoms. The Bertz CT molecular complexity index is 865. The quantitative estimate of drug-likeness (QED) is 0.712. The lowest BCUT2D eigenvalue weighted by Gasteiger charge is -2.34. The molecule has 0 amide bonds. The molecule has 0 bridgehead atoms. The molecule has 0 unspecified atom stereocenters. The van der Waals surface area contributed by atoms with Gasteiger partial charge in [-0.3, -0.25) is 0 Å². The van der Waals surface area contributed by atoms with Crippen molar-refractivity contribution in [2.24, 2.45) is 0 Å². The largest absolute Gasteiger partial charge is 0.497 e. The first-order chi connectivity index (χ1) is 12.2. The molecule has 0 N–H and O–H groups in total. The molecule has 0 atom stereocenters. The molecule has 0 saturated carbocycles. The fraction of sp³-hybridized carbons (Fsp3) is 0.273. The Hall–Kier alpha value is -2.52. The van der Waals surface area contributed by atoms with Gasteiger partial charge in [0, 0.05) is 37.3 Å². The van der Waals surface area contributed by atoms with Gasteiger partial charge in [-0.25, -0.2) is 0 Å². The maximum atomic E-state index is 5.27. The number of rotatable bonds is 3. The molecule has 3 heteroatoms. The highest BCUT2D eigenvalue weighted by molar-refractivity contribution is 5.97. The van der Waals surface area contributed by atoms with Crippen LogP contribution in [0.3, 0.4) is 0 Å². The summed E-state index contributed by atoms with van der Waals surface area (Å²) in [6.45, 7) is 4.41. The molecule has 1 heterocycles. The molecule has 1 fully saturated rings. The Balaban J connectivity index is 1.74. The van der Waals surface area contributed by atoms with Gasteiger partial charge in [0.15, 0.2) is 0 Å². The van der Waals surface area contributed by atoms with E-state index in [4.69, 9.17) is 4.74 Å². The topological polar surface area (TPSA) is 15.7 Å². The number of methoxy groups -OCH3 is 1. The van der Waals surface area contributed by atoms with Crippen molar-refractivity contribution in [1.29, 1.82) is 0 Å².